The van der Waals surface area contributed by atoms with Gasteiger partial charge in [0.25, 0.3) is 5.56 Å². The zero-order valence-electron chi connectivity index (χ0n) is 12.2. The Hall–Kier alpha value is -2.15. The SMILES string of the molecule is CCOC(=O)c1c(O)c2cc(OC)cc3c2n(c1=O)CCS3. The van der Waals surface area contributed by atoms with Gasteiger partial charge in [0.2, 0.25) is 0 Å². The van der Waals surface area contributed by atoms with Crippen LogP contribution in [0.2, 0.25) is 0 Å². The highest BCUT2D eigenvalue weighted by atomic mass is 32.2. The quantitative estimate of drug-likeness (QED) is 0.871. The van der Waals surface area contributed by atoms with Crippen molar-refractivity contribution >= 4 is 28.6 Å². The molecule has 0 saturated carbocycles. The van der Waals surface area contributed by atoms with Gasteiger partial charge >= 0.3 is 5.97 Å². The third-order valence-electron chi connectivity index (χ3n) is 3.56. The number of benzene rings is 1. The Bertz CT molecular complexity index is 827. The molecule has 0 unspecified atom stereocenters. The maximum absolute atomic E-state index is 12.6. The Kier molecular flexibility index (Phi) is 3.74. The summed E-state index contributed by atoms with van der Waals surface area (Å²) < 4.78 is 11.6. The summed E-state index contributed by atoms with van der Waals surface area (Å²) in [5.41, 5.74) is -0.205. The number of ether oxygens (including phenoxy) is 2. The third-order valence-corrected chi connectivity index (χ3v) is 4.57. The Morgan fingerprint density at radius 1 is 1.45 bits per heavy atom. The lowest BCUT2D eigenvalue weighted by Gasteiger charge is -2.21. The molecule has 2 heterocycles. The van der Waals surface area contributed by atoms with Gasteiger partial charge in [-0.3, -0.25) is 4.79 Å². The van der Waals surface area contributed by atoms with Crippen LogP contribution in [0.15, 0.2) is 21.8 Å². The molecule has 1 aliphatic heterocycles. The Morgan fingerprint density at radius 3 is 2.91 bits per heavy atom. The molecular formula is C15H15NO5S. The number of hydrogen-bond donors (Lipinski definition) is 1. The van der Waals surface area contributed by atoms with Crippen molar-refractivity contribution < 1.29 is 19.4 Å². The van der Waals surface area contributed by atoms with E-state index >= 15 is 0 Å². The molecule has 116 valence electrons. The Balaban J connectivity index is 2.41. The standard InChI is InChI=1S/C15H15NO5S/c1-3-21-15(19)11-13(17)9-6-8(20-2)7-10-12(9)16(14(11)18)4-5-22-10/h6-7,17H,3-5H2,1-2H3. The summed E-state index contributed by atoms with van der Waals surface area (Å²) in [7, 11) is 1.53. The molecule has 0 aliphatic carbocycles. The van der Waals surface area contributed by atoms with Gasteiger partial charge in [-0.25, -0.2) is 4.79 Å². The highest BCUT2D eigenvalue weighted by Gasteiger charge is 2.26. The Labute approximate surface area is 130 Å². The molecule has 0 fully saturated rings. The minimum atomic E-state index is -0.807. The molecule has 0 bridgehead atoms. The van der Waals surface area contributed by atoms with Crippen LogP contribution in [0.4, 0.5) is 0 Å². The number of aromatic hydroxyl groups is 1. The van der Waals surface area contributed by atoms with Crippen LogP contribution in [0.3, 0.4) is 0 Å². The summed E-state index contributed by atoms with van der Waals surface area (Å²) in [5.74, 6) is 0.116. The summed E-state index contributed by atoms with van der Waals surface area (Å²) >= 11 is 1.59. The van der Waals surface area contributed by atoms with Crippen LogP contribution < -0.4 is 10.3 Å². The monoisotopic (exact) mass is 321 g/mol. The maximum atomic E-state index is 12.6. The number of thioether (sulfide) groups is 1. The van der Waals surface area contributed by atoms with Crippen LogP contribution in [0.25, 0.3) is 10.9 Å². The highest BCUT2D eigenvalue weighted by Crippen LogP contribution is 2.39. The van der Waals surface area contributed by atoms with Crippen molar-refractivity contribution in [1.82, 2.24) is 4.57 Å². The number of methoxy groups -OCH3 is 1. The average molecular weight is 321 g/mol. The first-order valence-electron chi connectivity index (χ1n) is 6.86. The summed E-state index contributed by atoms with van der Waals surface area (Å²) in [6, 6.07) is 3.45. The summed E-state index contributed by atoms with van der Waals surface area (Å²) in [6.07, 6.45) is 0. The summed E-state index contributed by atoms with van der Waals surface area (Å²) in [6.45, 7) is 2.26. The predicted molar refractivity (Wildman–Crippen MR) is 83.1 cm³/mol. The van der Waals surface area contributed by atoms with E-state index in [0.29, 0.717) is 29.0 Å². The van der Waals surface area contributed by atoms with E-state index in [1.54, 1.807) is 24.8 Å². The molecule has 6 nitrogen and oxygen atoms in total. The number of aromatic nitrogens is 1. The summed E-state index contributed by atoms with van der Waals surface area (Å²) in [4.78, 5) is 25.4. The van der Waals surface area contributed by atoms with Crippen LogP contribution in [-0.2, 0) is 11.3 Å². The molecule has 1 aromatic heterocycles. The van der Waals surface area contributed by atoms with Crippen LogP contribution >= 0.6 is 11.8 Å². The number of nitrogens with zero attached hydrogens (tertiary/aromatic N) is 1. The van der Waals surface area contributed by atoms with E-state index in [0.717, 1.165) is 4.90 Å². The van der Waals surface area contributed by atoms with Crippen LogP contribution in [0, 0.1) is 0 Å². The molecule has 7 heteroatoms. The minimum absolute atomic E-state index is 0.134. The minimum Gasteiger partial charge on any atom is -0.506 e. The van der Waals surface area contributed by atoms with E-state index < -0.39 is 11.5 Å². The van der Waals surface area contributed by atoms with E-state index in [-0.39, 0.29) is 17.9 Å². The van der Waals surface area contributed by atoms with Gasteiger partial charge in [-0.05, 0) is 19.1 Å². The van der Waals surface area contributed by atoms with Crippen LogP contribution in [0.5, 0.6) is 11.5 Å². The fourth-order valence-corrected chi connectivity index (χ4v) is 3.64. The molecule has 1 aliphatic rings. The number of carbonyl (C=O) groups is 1. The van der Waals surface area contributed by atoms with E-state index in [1.807, 2.05) is 6.07 Å². The second-order valence-electron chi connectivity index (χ2n) is 4.77. The molecular weight excluding hydrogens is 306 g/mol. The number of pyridine rings is 1. The fraction of sp³-hybridized carbons (Fsp3) is 0.333. The lowest BCUT2D eigenvalue weighted by Crippen LogP contribution is -2.30. The van der Waals surface area contributed by atoms with Gasteiger partial charge in [0.1, 0.15) is 11.5 Å². The molecule has 2 aromatic rings. The van der Waals surface area contributed by atoms with Gasteiger partial charge in [-0.15, -0.1) is 11.8 Å². The van der Waals surface area contributed by atoms with E-state index in [1.165, 1.54) is 11.7 Å². The lowest BCUT2D eigenvalue weighted by atomic mass is 10.1. The van der Waals surface area contributed by atoms with Crippen molar-refractivity contribution in [3.63, 3.8) is 0 Å². The second-order valence-corrected chi connectivity index (χ2v) is 5.91. The Morgan fingerprint density at radius 2 is 2.23 bits per heavy atom. The molecule has 1 aromatic carbocycles. The van der Waals surface area contributed by atoms with Gasteiger partial charge in [0, 0.05) is 22.6 Å². The lowest BCUT2D eigenvalue weighted by molar-refractivity contribution is 0.0520. The van der Waals surface area contributed by atoms with Crippen molar-refractivity contribution in [3.05, 3.63) is 28.0 Å². The molecule has 1 N–H and O–H groups in total. The highest BCUT2D eigenvalue weighted by molar-refractivity contribution is 7.99. The molecule has 22 heavy (non-hydrogen) atoms. The van der Waals surface area contributed by atoms with Gasteiger partial charge in [-0.2, -0.15) is 0 Å². The number of esters is 1. The van der Waals surface area contributed by atoms with Crippen LogP contribution in [0.1, 0.15) is 17.3 Å². The number of carbonyl (C=O) groups excluding carboxylic acids is 1. The molecule has 0 radical (unpaired) electrons. The predicted octanol–water partition coefficient (Wildman–Crippen LogP) is 2.00. The number of hydrogen-bond acceptors (Lipinski definition) is 6. The van der Waals surface area contributed by atoms with Gasteiger partial charge in [-0.1, -0.05) is 0 Å². The van der Waals surface area contributed by atoms with E-state index in [2.05, 4.69) is 0 Å². The van der Waals surface area contributed by atoms with Gasteiger partial charge < -0.3 is 19.1 Å². The second kappa shape index (κ2) is 5.57. The first-order valence-corrected chi connectivity index (χ1v) is 7.84. The van der Waals surface area contributed by atoms with Crippen molar-refractivity contribution in [3.8, 4) is 11.5 Å². The number of rotatable bonds is 3. The largest absolute Gasteiger partial charge is 0.506 e. The normalized spacial score (nSPS) is 13.2. The molecule has 0 saturated heterocycles. The fourth-order valence-electron chi connectivity index (χ4n) is 2.59. The van der Waals surface area contributed by atoms with Gasteiger partial charge in [0.15, 0.2) is 5.56 Å². The first-order chi connectivity index (χ1) is 10.6. The van der Waals surface area contributed by atoms with Crippen LogP contribution in [-0.4, -0.2) is 35.1 Å². The van der Waals surface area contributed by atoms with Crippen molar-refractivity contribution in [1.29, 1.82) is 0 Å². The van der Waals surface area contributed by atoms with Crippen molar-refractivity contribution in [2.24, 2.45) is 0 Å². The molecule has 3 rings (SSSR count). The summed E-state index contributed by atoms with van der Waals surface area (Å²) in [5, 5.41) is 10.9. The molecule has 0 atom stereocenters. The average Bonchev–Trinajstić information content (AvgIpc) is 2.52. The first kappa shape index (κ1) is 14.8. The van der Waals surface area contributed by atoms with E-state index in [9.17, 15) is 14.7 Å². The topological polar surface area (TPSA) is 77.8 Å². The zero-order valence-corrected chi connectivity index (χ0v) is 13.0. The maximum Gasteiger partial charge on any atom is 0.347 e. The van der Waals surface area contributed by atoms with Crippen molar-refractivity contribution in [2.75, 3.05) is 19.5 Å². The van der Waals surface area contributed by atoms with Crippen molar-refractivity contribution in [2.45, 2.75) is 18.4 Å². The third kappa shape index (κ3) is 2.12. The van der Waals surface area contributed by atoms with E-state index in [4.69, 9.17) is 9.47 Å². The zero-order chi connectivity index (χ0) is 15.9. The molecule has 0 amide bonds. The number of aryl methyl sites for hydroxylation is 1. The smallest absolute Gasteiger partial charge is 0.347 e. The van der Waals surface area contributed by atoms with Gasteiger partial charge in [0.05, 0.1) is 19.2 Å². The molecule has 0 spiro atoms.